The van der Waals surface area contributed by atoms with Gasteiger partial charge in [-0.25, -0.2) is 4.79 Å². The molecule has 0 amide bonds. The normalized spacial score (nSPS) is 11.5. The monoisotopic (exact) mass is 270 g/mol. The van der Waals surface area contributed by atoms with E-state index in [0.29, 0.717) is 24.5 Å². The summed E-state index contributed by atoms with van der Waals surface area (Å²) in [4.78, 5) is 23.2. The molecular formula is C15H26O4. The summed E-state index contributed by atoms with van der Waals surface area (Å²) in [5, 5.41) is 0. The van der Waals surface area contributed by atoms with Crippen molar-refractivity contribution < 1.29 is 19.1 Å². The number of unbranched alkanes of at least 4 members (excludes halogenated alkanes) is 1. The molecule has 0 aromatic rings. The molecule has 0 atom stereocenters. The third-order valence-corrected chi connectivity index (χ3v) is 2.33. The highest BCUT2D eigenvalue weighted by atomic mass is 16.5. The fourth-order valence-electron chi connectivity index (χ4n) is 1.29. The molecule has 0 aliphatic heterocycles. The van der Waals surface area contributed by atoms with Gasteiger partial charge in [0.15, 0.2) is 0 Å². The second-order valence-electron chi connectivity index (χ2n) is 4.92. The van der Waals surface area contributed by atoms with Gasteiger partial charge < -0.3 is 9.47 Å². The Morgan fingerprint density at radius 3 is 2.32 bits per heavy atom. The van der Waals surface area contributed by atoms with Gasteiger partial charge in [0, 0.05) is 6.42 Å². The number of rotatable bonds is 9. The van der Waals surface area contributed by atoms with Crippen molar-refractivity contribution in [3.8, 4) is 0 Å². The molecule has 0 saturated heterocycles. The molecule has 0 aliphatic rings. The lowest BCUT2D eigenvalue weighted by Crippen LogP contribution is -2.17. The number of carbonyl (C=O) groups is 2. The third kappa shape index (κ3) is 9.28. The Hall–Kier alpha value is -1.32. The predicted molar refractivity (Wildman–Crippen MR) is 74.7 cm³/mol. The minimum Gasteiger partial charge on any atom is -0.462 e. The van der Waals surface area contributed by atoms with Crippen molar-refractivity contribution in [2.24, 2.45) is 5.92 Å². The number of ether oxygens (including phenoxy) is 2. The van der Waals surface area contributed by atoms with Crippen molar-refractivity contribution in [3.05, 3.63) is 11.6 Å². The summed E-state index contributed by atoms with van der Waals surface area (Å²) >= 11 is 0. The molecule has 0 bridgehead atoms. The van der Waals surface area contributed by atoms with Gasteiger partial charge in [0.05, 0.1) is 12.2 Å². The Bertz CT molecular complexity index is 305. The first-order valence-corrected chi connectivity index (χ1v) is 7.03. The summed E-state index contributed by atoms with van der Waals surface area (Å²) in [6, 6.07) is 0. The number of hydrogen-bond donors (Lipinski definition) is 0. The highest BCUT2D eigenvalue weighted by Crippen LogP contribution is 2.06. The molecule has 0 fully saturated rings. The number of carbonyl (C=O) groups excluding carboxylic acids is 2. The van der Waals surface area contributed by atoms with Crippen molar-refractivity contribution in [2.75, 3.05) is 13.2 Å². The molecule has 19 heavy (non-hydrogen) atoms. The van der Waals surface area contributed by atoms with Crippen LogP contribution in [0.4, 0.5) is 0 Å². The fourth-order valence-corrected chi connectivity index (χ4v) is 1.29. The summed E-state index contributed by atoms with van der Waals surface area (Å²) in [7, 11) is 0. The van der Waals surface area contributed by atoms with Gasteiger partial charge in [0.2, 0.25) is 0 Å². The van der Waals surface area contributed by atoms with E-state index in [4.69, 9.17) is 9.47 Å². The minimum atomic E-state index is -0.383. The Labute approximate surface area is 116 Å². The van der Waals surface area contributed by atoms with Crippen LogP contribution >= 0.6 is 0 Å². The van der Waals surface area contributed by atoms with Crippen LogP contribution in [-0.2, 0) is 19.1 Å². The minimum absolute atomic E-state index is 0.00968. The van der Waals surface area contributed by atoms with Gasteiger partial charge in [-0.3, -0.25) is 4.79 Å². The first-order chi connectivity index (χ1) is 9.01. The van der Waals surface area contributed by atoms with E-state index in [2.05, 4.69) is 0 Å². The maximum atomic E-state index is 11.8. The topological polar surface area (TPSA) is 52.6 Å². The van der Waals surface area contributed by atoms with E-state index in [0.717, 1.165) is 19.3 Å². The van der Waals surface area contributed by atoms with Gasteiger partial charge in [0.25, 0.3) is 0 Å². The van der Waals surface area contributed by atoms with E-state index in [1.807, 2.05) is 27.7 Å². The van der Waals surface area contributed by atoms with Crippen molar-refractivity contribution in [1.29, 1.82) is 0 Å². The average molecular weight is 270 g/mol. The van der Waals surface area contributed by atoms with Crippen LogP contribution in [0.1, 0.15) is 53.4 Å². The summed E-state index contributed by atoms with van der Waals surface area (Å²) in [5.41, 5.74) is 0.437. The standard InChI is InChI=1S/C15H26O4/c1-5-7-9-13(11-18-14(16)8-6-2)15(17)19-10-12(3)4/h9,12H,5-8,10-11H2,1-4H3. The predicted octanol–water partition coefficient (Wildman–Crippen LogP) is 3.26. The number of hydrogen-bond acceptors (Lipinski definition) is 4. The van der Waals surface area contributed by atoms with Crippen molar-refractivity contribution >= 4 is 11.9 Å². The van der Waals surface area contributed by atoms with Gasteiger partial charge >= 0.3 is 11.9 Å². The molecule has 4 heteroatoms. The third-order valence-electron chi connectivity index (χ3n) is 2.33. The van der Waals surface area contributed by atoms with Crippen LogP contribution in [0.5, 0.6) is 0 Å². The summed E-state index contributed by atoms with van der Waals surface area (Å²) in [6.45, 7) is 8.28. The van der Waals surface area contributed by atoms with Gasteiger partial charge in [-0.2, -0.15) is 0 Å². The molecular weight excluding hydrogens is 244 g/mol. The van der Waals surface area contributed by atoms with Crippen LogP contribution in [-0.4, -0.2) is 25.2 Å². The molecule has 0 unspecified atom stereocenters. The molecule has 4 nitrogen and oxygen atoms in total. The quantitative estimate of drug-likeness (QED) is 0.476. The van der Waals surface area contributed by atoms with Gasteiger partial charge in [-0.05, 0) is 18.8 Å². The van der Waals surface area contributed by atoms with Crippen LogP contribution in [0, 0.1) is 5.92 Å². The smallest absolute Gasteiger partial charge is 0.337 e. The zero-order valence-electron chi connectivity index (χ0n) is 12.5. The van der Waals surface area contributed by atoms with E-state index >= 15 is 0 Å². The first-order valence-electron chi connectivity index (χ1n) is 7.03. The summed E-state index contributed by atoms with van der Waals surface area (Å²) in [6.07, 6.45) is 4.62. The van der Waals surface area contributed by atoms with Crippen molar-refractivity contribution in [3.63, 3.8) is 0 Å². The van der Waals surface area contributed by atoms with Crippen molar-refractivity contribution in [2.45, 2.75) is 53.4 Å². The maximum Gasteiger partial charge on any atom is 0.337 e. The average Bonchev–Trinajstić information content (AvgIpc) is 2.36. The Morgan fingerprint density at radius 1 is 1.11 bits per heavy atom. The van der Waals surface area contributed by atoms with E-state index in [1.54, 1.807) is 6.08 Å². The molecule has 0 radical (unpaired) electrons. The van der Waals surface area contributed by atoms with E-state index in [1.165, 1.54) is 0 Å². The Morgan fingerprint density at radius 2 is 1.79 bits per heavy atom. The molecule has 0 saturated carbocycles. The summed E-state index contributed by atoms with van der Waals surface area (Å²) < 4.78 is 10.2. The highest BCUT2D eigenvalue weighted by Gasteiger charge is 2.13. The fraction of sp³-hybridized carbons (Fsp3) is 0.733. The van der Waals surface area contributed by atoms with E-state index < -0.39 is 0 Å². The zero-order valence-corrected chi connectivity index (χ0v) is 12.5. The number of allylic oxidation sites excluding steroid dienone is 1. The van der Waals surface area contributed by atoms with Gasteiger partial charge in [-0.1, -0.05) is 40.2 Å². The van der Waals surface area contributed by atoms with Crippen LogP contribution in [0.2, 0.25) is 0 Å². The SMILES string of the molecule is CCCC=C(COC(=O)CCC)C(=O)OCC(C)C. The van der Waals surface area contributed by atoms with E-state index in [9.17, 15) is 9.59 Å². The second-order valence-corrected chi connectivity index (χ2v) is 4.92. The van der Waals surface area contributed by atoms with Gasteiger partial charge in [-0.15, -0.1) is 0 Å². The number of esters is 2. The van der Waals surface area contributed by atoms with Crippen LogP contribution in [0.15, 0.2) is 11.6 Å². The van der Waals surface area contributed by atoms with Crippen molar-refractivity contribution in [1.82, 2.24) is 0 Å². The van der Waals surface area contributed by atoms with Crippen LogP contribution < -0.4 is 0 Å². The molecule has 0 heterocycles. The first kappa shape index (κ1) is 17.7. The lowest BCUT2D eigenvalue weighted by molar-refractivity contribution is -0.145. The largest absolute Gasteiger partial charge is 0.462 e. The lowest BCUT2D eigenvalue weighted by Gasteiger charge is -2.10. The molecule has 110 valence electrons. The maximum absolute atomic E-state index is 11.8. The van der Waals surface area contributed by atoms with Gasteiger partial charge in [0.1, 0.15) is 6.61 Å². The molecule has 0 spiro atoms. The van der Waals surface area contributed by atoms with Crippen LogP contribution in [0.3, 0.4) is 0 Å². The van der Waals surface area contributed by atoms with Crippen LogP contribution in [0.25, 0.3) is 0 Å². The molecule has 0 aromatic heterocycles. The molecule has 0 N–H and O–H groups in total. The molecule has 0 aliphatic carbocycles. The summed E-state index contributed by atoms with van der Waals surface area (Å²) in [5.74, 6) is -0.368. The molecule has 0 aromatic carbocycles. The Balaban J connectivity index is 4.37. The second kappa shape index (κ2) is 10.6. The van der Waals surface area contributed by atoms with E-state index in [-0.39, 0.29) is 18.5 Å². The Kier molecular flexibility index (Phi) is 9.85. The molecule has 0 rings (SSSR count). The highest BCUT2D eigenvalue weighted by molar-refractivity contribution is 5.89. The lowest BCUT2D eigenvalue weighted by atomic mass is 10.2. The zero-order chi connectivity index (χ0) is 14.7.